The van der Waals surface area contributed by atoms with E-state index in [0.717, 1.165) is 49.8 Å². The topological polar surface area (TPSA) is 177 Å². The molecule has 4 rings (SSSR count). The number of halogens is 2. The van der Waals surface area contributed by atoms with Crippen LogP contribution in [0.15, 0.2) is 23.4 Å². The predicted octanol–water partition coefficient (Wildman–Crippen LogP) is 3.30. The fourth-order valence-electron chi connectivity index (χ4n) is 3.81. The van der Waals surface area contributed by atoms with Gasteiger partial charge in [-0.1, -0.05) is 24.8 Å². The van der Waals surface area contributed by atoms with Crippen LogP contribution in [0.2, 0.25) is 0 Å². The fraction of sp³-hybridized carbons (Fsp3) is 0.615. The molecule has 2 atom stereocenters. The molecular formula is C26H42F2N6O4S. The van der Waals surface area contributed by atoms with Crippen molar-refractivity contribution in [3.8, 4) is 0 Å². The number of aliphatic hydroxyl groups is 3. The van der Waals surface area contributed by atoms with Crippen molar-refractivity contribution in [1.82, 2.24) is 9.97 Å². The summed E-state index contributed by atoms with van der Waals surface area (Å²) in [5, 5.41) is 27.2. The molecule has 0 saturated heterocycles. The number of anilines is 3. The molecule has 0 bridgehead atoms. The second-order valence-corrected chi connectivity index (χ2v) is 11.1. The molecule has 39 heavy (non-hydrogen) atoms. The summed E-state index contributed by atoms with van der Waals surface area (Å²) in [6.07, 6.45) is 5.91. The summed E-state index contributed by atoms with van der Waals surface area (Å²) in [5.74, 6) is 5.41. The third-order valence-corrected chi connectivity index (χ3v) is 6.85. The number of aromatic nitrogens is 2. The molecule has 1 aromatic carbocycles. The van der Waals surface area contributed by atoms with E-state index in [1.807, 2.05) is 0 Å². The zero-order chi connectivity index (χ0) is 29.2. The molecule has 2 unspecified atom stereocenters. The molecule has 220 valence electrons. The van der Waals surface area contributed by atoms with Gasteiger partial charge < -0.3 is 31.5 Å². The van der Waals surface area contributed by atoms with Crippen LogP contribution in [0.4, 0.5) is 26.1 Å². The van der Waals surface area contributed by atoms with Crippen molar-refractivity contribution in [1.29, 1.82) is 0 Å². The van der Waals surface area contributed by atoms with Gasteiger partial charge >= 0.3 is 0 Å². The standard InChI is InChI=1S/C14H26N6O2S.C9H8F2.C3H8O2/c1-2-7-23-14-18-12(16)11(15)13(19-14)20(17)9-3-4-10(8-9)22-6-5-21;10-8-4-3-7(5-9(8)11)6-1-2-6;1-3(2,4)5/h9-10,21H,2-8,15,17H2,1H3,(H2,16,18,19);3-6H,1-2H2;4-5H,1-2H3. The van der Waals surface area contributed by atoms with Gasteiger partial charge in [-0.3, -0.25) is 5.01 Å². The lowest BCUT2D eigenvalue weighted by Gasteiger charge is -2.26. The summed E-state index contributed by atoms with van der Waals surface area (Å²) in [6, 6.07) is 4.24. The van der Waals surface area contributed by atoms with E-state index in [2.05, 4.69) is 16.9 Å². The normalized spacial score (nSPS) is 18.6. The Morgan fingerprint density at radius 3 is 2.33 bits per heavy atom. The van der Waals surface area contributed by atoms with Crippen molar-refractivity contribution in [2.45, 2.75) is 88.3 Å². The molecule has 2 fully saturated rings. The van der Waals surface area contributed by atoms with E-state index in [1.54, 1.807) is 11.1 Å². The molecule has 0 spiro atoms. The number of ether oxygens (including phenoxy) is 1. The van der Waals surface area contributed by atoms with E-state index in [4.69, 9.17) is 37.4 Å². The average molecular weight is 573 g/mol. The Bertz CT molecular complexity index is 1040. The van der Waals surface area contributed by atoms with E-state index < -0.39 is 17.4 Å². The van der Waals surface area contributed by atoms with Gasteiger partial charge in [-0.15, -0.1) is 0 Å². The van der Waals surface area contributed by atoms with Crippen LogP contribution in [0.1, 0.15) is 70.8 Å². The molecular weight excluding hydrogens is 530 g/mol. The van der Waals surface area contributed by atoms with Gasteiger partial charge in [0.1, 0.15) is 5.69 Å². The Kier molecular flexibility index (Phi) is 13.1. The SMILES string of the molecule is CC(C)(O)O.CCCSc1nc(N)c(N)c(N(N)C2CCC(OCCO)C2)n1.Fc1ccc(C2CC2)cc1F. The minimum absolute atomic E-state index is 0.0287. The number of hydrazine groups is 1. The van der Waals surface area contributed by atoms with Gasteiger partial charge in [-0.05, 0) is 76.0 Å². The Morgan fingerprint density at radius 1 is 1.10 bits per heavy atom. The van der Waals surface area contributed by atoms with Crippen LogP contribution in [-0.4, -0.2) is 62.2 Å². The molecule has 2 aliphatic carbocycles. The minimum atomic E-state index is -1.50. The van der Waals surface area contributed by atoms with Crippen LogP contribution in [0, 0.1) is 11.6 Å². The highest BCUT2D eigenvalue weighted by atomic mass is 32.2. The summed E-state index contributed by atoms with van der Waals surface area (Å²) in [5.41, 5.74) is 13.2. The van der Waals surface area contributed by atoms with Crippen LogP contribution < -0.4 is 22.3 Å². The molecule has 2 aliphatic rings. The molecule has 1 aromatic heterocycles. The fourth-order valence-corrected chi connectivity index (χ4v) is 4.51. The zero-order valence-corrected chi connectivity index (χ0v) is 23.6. The van der Waals surface area contributed by atoms with Crippen LogP contribution in [0.3, 0.4) is 0 Å². The summed E-state index contributed by atoms with van der Waals surface area (Å²) in [7, 11) is 0. The second-order valence-electron chi connectivity index (χ2n) is 10.0. The number of benzene rings is 1. The molecule has 2 saturated carbocycles. The first-order chi connectivity index (χ1) is 18.3. The Balaban J connectivity index is 0.000000273. The Labute approximate surface area is 232 Å². The third-order valence-electron chi connectivity index (χ3n) is 5.80. The summed E-state index contributed by atoms with van der Waals surface area (Å²) >= 11 is 1.54. The van der Waals surface area contributed by atoms with Gasteiger partial charge in [0.15, 0.2) is 34.2 Å². The maximum absolute atomic E-state index is 12.6. The second kappa shape index (κ2) is 15.5. The van der Waals surface area contributed by atoms with Gasteiger partial charge in [0.05, 0.1) is 19.3 Å². The number of aliphatic hydroxyl groups excluding tert-OH is 1. The van der Waals surface area contributed by atoms with Crippen molar-refractivity contribution in [3.05, 3.63) is 35.4 Å². The van der Waals surface area contributed by atoms with Crippen molar-refractivity contribution in [3.63, 3.8) is 0 Å². The van der Waals surface area contributed by atoms with Crippen molar-refractivity contribution in [2.75, 3.05) is 35.4 Å². The lowest BCUT2D eigenvalue weighted by Crippen LogP contribution is -2.41. The first-order valence-electron chi connectivity index (χ1n) is 13.1. The van der Waals surface area contributed by atoms with Crippen molar-refractivity contribution < 1.29 is 28.8 Å². The van der Waals surface area contributed by atoms with Crippen LogP contribution in [0.5, 0.6) is 0 Å². The number of nitrogen functional groups attached to an aromatic ring is 2. The number of hydrogen-bond acceptors (Lipinski definition) is 11. The number of nitrogens with two attached hydrogens (primary N) is 3. The lowest BCUT2D eigenvalue weighted by atomic mass is 10.1. The molecule has 2 aromatic rings. The maximum Gasteiger partial charge on any atom is 0.191 e. The monoisotopic (exact) mass is 572 g/mol. The van der Waals surface area contributed by atoms with E-state index >= 15 is 0 Å². The quantitative estimate of drug-likeness (QED) is 0.0854. The van der Waals surface area contributed by atoms with Crippen LogP contribution >= 0.6 is 11.8 Å². The van der Waals surface area contributed by atoms with E-state index in [-0.39, 0.29) is 24.6 Å². The van der Waals surface area contributed by atoms with Crippen LogP contribution in [-0.2, 0) is 4.74 Å². The highest BCUT2D eigenvalue weighted by Gasteiger charge is 2.31. The first kappa shape index (κ1) is 32.9. The van der Waals surface area contributed by atoms with E-state index in [1.165, 1.54) is 37.7 Å². The van der Waals surface area contributed by atoms with E-state index in [0.29, 0.717) is 29.2 Å². The van der Waals surface area contributed by atoms with Gasteiger partial charge in [0.25, 0.3) is 0 Å². The zero-order valence-electron chi connectivity index (χ0n) is 22.8. The molecule has 0 aliphatic heterocycles. The minimum Gasteiger partial charge on any atom is -0.394 e. The molecule has 0 radical (unpaired) electrons. The van der Waals surface area contributed by atoms with Crippen LogP contribution in [0.25, 0.3) is 0 Å². The molecule has 0 amide bonds. The summed E-state index contributed by atoms with van der Waals surface area (Å²) < 4.78 is 30.6. The van der Waals surface area contributed by atoms with Crippen molar-refractivity contribution in [2.24, 2.45) is 5.84 Å². The van der Waals surface area contributed by atoms with Gasteiger partial charge in [0, 0.05) is 11.8 Å². The summed E-state index contributed by atoms with van der Waals surface area (Å²) in [4.78, 5) is 8.67. The maximum atomic E-state index is 12.6. The molecule has 10 nitrogen and oxygen atoms in total. The highest BCUT2D eigenvalue weighted by molar-refractivity contribution is 7.99. The first-order valence-corrected chi connectivity index (χ1v) is 14.0. The smallest absolute Gasteiger partial charge is 0.191 e. The van der Waals surface area contributed by atoms with Gasteiger partial charge in [-0.2, -0.15) is 0 Å². The molecule has 13 heteroatoms. The number of rotatable bonds is 9. The predicted molar refractivity (Wildman–Crippen MR) is 150 cm³/mol. The Hall–Kier alpha value is -2.29. The Morgan fingerprint density at radius 2 is 1.77 bits per heavy atom. The summed E-state index contributed by atoms with van der Waals surface area (Å²) in [6.45, 7) is 5.07. The number of hydrogen-bond donors (Lipinski definition) is 6. The average Bonchev–Trinajstić information content (AvgIpc) is 3.61. The largest absolute Gasteiger partial charge is 0.394 e. The number of thioether (sulfide) groups is 1. The lowest BCUT2D eigenvalue weighted by molar-refractivity contribution is -0.127. The van der Waals surface area contributed by atoms with Gasteiger partial charge in [0.2, 0.25) is 0 Å². The molecule has 9 N–H and O–H groups in total. The highest BCUT2D eigenvalue weighted by Crippen LogP contribution is 2.40. The van der Waals surface area contributed by atoms with Crippen molar-refractivity contribution >= 4 is 29.1 Å². The van der Waals surface area contributed by atoms with Gasteiger partial charge in [-0.25, -0.2) is 24.6 Å². The molecule has 1 heterocycles. The third kappa shape index (κ3) is 11.8. The van der Waals surface area contributed by atoms with E-state index in [9.17, 15) is 8.78 Å². The number of nitrogens with zero attached hydrogens (tertiary/aromatic N) is 3.